The zero-order valence-corrected chi connectivity index (χ0v) is 10.5. The molecule has 1 fully saturated rings. The van der Waals surface area contributed by atoms with Gasteiger partial charge in [-0.3, -0.25) is 0 Å². The summed E-state index contributed by atoms with van der Waals surface area (Å²) in [5.41, 5.74) is 1.05. The van der Waals surface area contributed by atoms with Gasteiger partial charge in [-0.1, -0.05) is 20.8 Å². The average Bonchev–Trinajstić information content (AvgIpc) is 2.04. The van der Waals surface area contributed by atoms with E-state index >= 15 is 0 Å². The van der Waals surface area contributed by atoms with E-state index in [-0.39, 0.29) is 0 Å². The Bertz CT molecular complexity index is 174. The summed E-state index contributed by atoms with van der Waals surface area (Å²) in [6.07, 6.45) is 0. The van der Waals surface area contributed by atoms with E-state index < -0.39 is 8.56 Å². The van der Waals surface area contributed by atoms with Gasteiger partial charge in [-0.25, -0.2) is 0 Å². The summed E-state index contributed by atoms with van der Waals surface area (Å²) in [6.45, 7) is 12.6. The molecule has 0 N–H and O–H groups in total. The van der Waals surface area contributed by atoms with Crippen LogP contribution in [0, 0.1) is 5.41 Å². The van der Waals surface area contributed by atoms with Crippen LogP contribution in [-0.2, 0) is 8.85 Å². The van der Waals surface area contributed by atoms with Gasteiger partial charge in [-0.15, -0.1) is 0 Å². The lowest BCUT2D eigenvalue weighted by Gasteiger charge is -2.55. The van der Waals surface area contributed by atoms with Crippen LogP contribution in [0.2, 0.25) is 11.6 Å². The van der Waals surface area contributed by atoms with Gasteiger partial charge >= 0.3 is 8.56 Å². The molecule has 0 spiro atoms. The quantitative estimate of drug-likeness (QED) is 0.653. The molecule has 1 heterocycles. The second-order valence-electron chi connectivity index (χ2n) is 4.56. The molecule has 1 unspecified atom stereocenters. The van der Waals surface area contributed by atoms with Gasteiger partial charge in [0.2, 0.25) is 0 Å². The summed E-state index contributed by atoms with van der Waals surface area (Å²) >= 11 is 0. The minimum absolute atomic E-state index is 0.427. The lowest BCUT2D eigenvalue weighted by molar-refractivity contribution is 0.102. The van der Waals surface area contributed by atoms with Crippen molar-refractivity contribution in [2.45, 2.75) is 46.2 Å². The maximum absolute atomic E-state index is 5.87. The van der Waals surface area contributed by atoms with Crippen LogP contribution in [0.4, 0.5) is 0 Å². The normalized spacial score (nSPS) is 29.8. The van der Waals surface area contributed by atoms with Crippen molar-refractivity contribution in [3.63, 3.8) is 0 Å². The summed E-state index contributed by atoms with van der Waals surface area (Å²) < 4.78 is 11.7. The van der Waals surface area contributed by atoms with E-state index in [4.69, 9.17) is 8.85 Å². The highest BCUT2D eigenvalue weighted by atomic mass is 28.4. The molecule has 1 aliphatic heterocycles. The van der Waals surface area contributed by atoms with Crippen LogP contribution >= 0.6 is 0 Å². The Labute approximate surface area is 82.9 Å². The van der Waals surface area contributed by atoms with Crippen molar-refractivity contribution in [3.8, 4) is 0 Å². The Balaban J connectivity index is 2.62. The topological polar surface area (TPSA) is 18.5 Å². The fourth-order valence-electron chi connectivity index (χ4n) is 2.29. The molecular formula is C10H22O2Si. The van der Waals surface area contributed by atoms with Gasteiger partial charge in [-0.2, -0.15) is 0 Å². The van der Waals surface area contributed by atoms with Crippen molar-refractivity contribution in [3.05, 3.63) is 0 Å². The van der Waals surface area contributed by atoms with E-state index in [9.17, 15) is 0 Å². The molecule has 2 nitrogen and oxygen atoms in total. The van der Waals surface area contributed by atoms with Gasteiger partial charge in [0.15, 0.2) is 0 Å². The average molecular weight is 202 g/mol. The van der Waals surface area contributed by atoms with Crippen LogP contribution in [0.1, 0.15) is 34.6 Å². The monoisotopic (exact) mass is 202 g/mol. The maximum atomic E-state index is 5.87. The molecule has 0 amide bonds. The molecule has 1 aliphatic rings. The van der Waals surface area contributed by atoms with E-state index in [2.05, 4.69) is 34.6 Å². The van der Waals surface area contributed by atoms with Gasteiger partial charge < -0.3 is 8.85 Å². The van der Waals surface area contributed by atoms with Crippen LogP contribution in [0.25, 0.3) is 0 Å². The van der Waals surface area contributed by atoms with Crippen molar-refractivity contribution in [1.29, 1.82) is 0 Å². The molecule has 0 bridgehead atoms. The molecule has 0 aromatic carbocycles. The van der Waals surface area contributed by atoms with Crippen LogP contribution in [0.15, 0.2) is 0 Å². The third-order valence-electron chi connectivity index (χ3n) is 3.31. The van der Waals surface area contributed by atoms with Crippen molar-refractivity contribution >= 4 is 8.56 Å². The smallest absolute Gasteiger partial charge is 0.342 e. The molecule has 1 saturated heterocycles. The first-order valence-electron chi connectivity index (χ1n) is 5.26. The third-order valence-corrected chi connectivity index (χ3v) is 8.37. The highest BCUT2D eigenvalue weighted by Crippen LogP contribution is 2.57. The number of hydrogen-bond acceptors (Lipinski definition) is 2. The zero-order valence-electron chi connectivity index (χ0n) is 9.52. The summed E-state index contributed by atoms with van der Waals surface area (Å²) in [5, 5.41) is 0. The highest BCUT2D eigenvalue weighted by Gasteiger charge is 2.61. The second-order valence-corrected chi connectivity index (χ2v) is 7.99. The number of hydrogen-bond donors (Lipinski definition) is 0. The van der Waals surface area contributed by atoms with Crippen LogP contribution in [0.3, 0.4) is 0 Å². The molecule has 0 aliphatic carbocycles. The Morgan fingerprint density at radius 2 is 1.69 bits per heavy atom. The molecule has 78 valence electrons. The predicted octanol–water partition coefficient (Wildman–Crippen LogP) is 2.93. The molecular weight excluding hydrogens is 180 g/mol. The van der Waals surface area contributed by atoms with Crippen molar-refractivity contribution in [2.24, 2.45) is 5.41 Å². The van der Waals surface area contributed by atoms with E-state index in [1.807, 2.05) is 0 Å². The molecule has 0 aromatic rings. The van der Waals surface area contributed by atoms with Gasteiger partial charge in [0.1, 0.15) is 0 Å². The molecule has 0 saturated carbocycles. The largest absolute Gasteiger partial charge is 0.394 e. The summed E-state index contributed by atoms with van der Waals surface area (Å²) in [4.78, 5) is 0. The lowest BCUT2D eigenvalue weighted by Crippen LogP contribution is -2.61. The molecule has 0 radical (unpaired) electrons. The van der Waals surface area contributed by atoms with E-state index in [0.29, 0.717) is 11.0 Å². The molecule has 1 rings (SSSR count). The van der Waals surface area contributed by atoms with Crippen LogP contribution in [0.5, 0.6) is 0 Å². The van der Waals surface area contributed by atoms with Crippen molar-refractivity contribution < 1.29 is 8.85 Å². The third kappa shape index (κ3) is 1.83. The van der Waals surface area contributed by atoms with Crippen LogP contribution in [-0.4, -0.2) is 21.8 Å². The van der Waals surface area contributed by atoms with E-state index in [1.54, 1.807) is 0 Å². The summed E-state index contributed by atoms with van der Waals surface area (Å²) in [6, 6.07) is 1.16. The Morgan fingerprint density at radius 3 is 1.92 bits per heavy atom. The van der Waals surface area contributed by atoms with E-state index in [1.165, 1.54) is 0 Å². The molecule has 0 aromatic heterocycles. The van der Waals surface area contributed by atoms with Gasteiger partial charge in [-0.05, 0) is 25.3 Å². The SMILES string of the molecule is CCO[Si]1(OCC)CC(C)(C)C1C. The number of rotatable bonds is 4. The maximum Gasteiger partial charge on any atom is 0.342 e. The highest BCUT2D eigenvalue weighted by molar-refractivity contribution is 6.72. The fraction of sp³-hybridized carbons (Fsp3) is 1.00. The van der Waals surface area contributed by atoms with Gasteiger partial charge in [0.05, 0.1) is 0 Å². The lowest BCUT2D eigenvalue weighted by atomic mass is 9.91. The second kappa shape index (κ2) is 3.71. The first-order chi connectivity index (χ1) is 5.98. The zero-order chi connectivity index (χ0) is 10.1. The Hall–Kier alpha value is 0.137. The van der Waals surface area contributed by atoms with E-state index in [0.717, 1.165) is 19.3 Å². The standard InChI is InChI=1S/C10H22O2Si/c1-6-11-13(12-7-2)8-10(4,5)9(13)3/h9H,6-8H2,1-5H3. The molecule has 1 atom stereocenters. The molecule has 3 heteroatoms. The minimum atomic E-state index is -1.78. The summed E-state index contributed by atoms with van der Waals surface area (Å²) in [7, 11) is -1.78. The summed E-state index contributed by atoms with van der Waals surface area (Å²) in [5.74, 6) is 0. The predicted molar refractivity (Wildman–Crippen MR) is 57.0 cm³/mol. The Morgan fingerprint density at radius 1 is 1.23 bits per heavy atom. The minimum Gasteiger partial charge on any atom is -0.394 e. The van der Waals surface area contributed by atoms with Gasteiger partial charge in [0, 0.05) is 18.8 Å². The fourth-order valence-corrected chi connectivity index (χ4v) is 6.86. The Kier molecular flexibility index (Phi) is 3.20. The van der Waals surface area contributed by atoms with Crippen molar-refractivity contribution in [2.75, 3.05) is 13.2 Å². The van der Waals surface area contributed by atoms with Crippen LogP contribution < -0.4 is 0 Å². The first-order valence-corrected chi connectivity index (χ1v) is 7.36. The molecule has 13 heavy (non-hydrogen) atoms. The first kappa shape index (κ1) is 11.2. The van der Waals surface area contributed by atoms with Crippen molar-refractivity contribution in [1.82, 2.24) is 0 Å². The van der Waals surface area contributed by atoms with Gasteiger partial charge in [0.25, 0.3) is 0 Å².